The average Bonchev–Trinajstić information content (AvgIpc) is 3.27. The molecule has 29 heteroatoms. The first-order valence-corrected chi connectivity index (χ1v) is 23.4. The first-order chi connectivity index (χ1) is 34.7. The maximum Gasteiger partial charge on any atom is 0.416 e. The Hall–Kier alpha value is -6.68. The van der Waals surface area contributed by atoms with Crippen molar-refractivity contribution >= 4 is 43.7 Å². The van der Waals surface area contributed by atoms with Crippen LogP contribution < -0.4 is 26.6 Å². The zero-order chi connectivity index (χ0) is 58.5. The van der Waals surface area contributed by atoms with E-state index in [1.807, 2.05) is 30.3 Å². The topological polar surface area (TPSA) is 43.4 Å². The number of para-hydroxylation sites is 1. The molecule has 0 heterocycles. The summed E-state index contributed by atoms with van der Waals surface area (Å²) in [7, 11) is -2.06. The lowest BCUT2D eigenvalue weighted by Crippen LogP contribution is -2.75. The summed E-state index contributed by atoms with van der Waals surface area (Å²) in [6, 6.07) is 7.51. The summed E-state index contributed by atoms with van der Waals surface area (Å²) in [6.45, 7) is 0. The van der Waals surface area contributed by atoms with Gasteiger partial charge in [-0.15, -0.1) is 4.21 Å². The predicted molar refractivity (Wildman–Crippen MR) is 232 cm³/mol. The lowest BCUT2D eigenvalue weighted by Gasteiger charge is -2.46. The van der Waals surface area contributed by atoms with E-state index in [0.29, 0.717) is 11.3 Å². The summed E-state index contributed by atoms with van der Waals surface area (Å²) in [5, 5.41) is 0. The van der Waals surface area contributed by atoms with Crippen LogP contribution in [0.4, 0.5) is 105 Å². The molecule has 0 radical (unpaired) electrons. The first kappa shape index (κ1) is 61.2. The van der Waals surface area contributed by atoms with Crippen LogP contribution in [0.5, 0.6) is 11.5 Å². The van der Waals surface area contributed by atoms with Crippen molar-refractivity contribution in [1.82, 2.24) is 0 Å². The third-order valence-electron chi connectivity index (χ3n) is 11.1. The van der Waals surface area contributed by atoms with Crippen molar-refractivity contribution in [3.05, 3.63) is 177 Å². The molecule has 0 N–H and O–H groups in total. The number of carbonyl (C=O) groups is 1. The number of carbonyl (C=O) groups excluding carboxylic acids is 1. The highest BCUT2D eigenvalue weighted by Crippen LogP contribution is 2.41. The monoisotopic (exact) mass is 1150 g/mol. The summed E-state index contributed by atoms with van der Waals surface area (Å²) in [4.78, 5) is 11.9. The van der Waals surface area contributed by atoms with Gasteiger partial charge in [-0.2, -0.15) is 127 Å². The van der Waals surface area contributed by atoms with Gasteiger partial charge < -0.3 is 4.74 Å². The number of ketones is 1. The Kier molecular flexibility index (Phi) is 16.6. The molecule has 0 aliphatic rings. The third-order valence-corrected chi connectivity index (χ3v) is 12.0. The normalized spacial score (nSPS) is 13.5. The Labute approximate surface area is 418 Å². The molecule has 0 saturated heterocycles. The van der Waals surface area contributed by atoms with E-state index in [4.69, 9.17) is 4.74 Å². The smallest absolute Gasteiger partial charge is 0.416 e. The lowest BCUT2D eigenvalue weighted by molar-refractivity contribution is -0.144. The molecule has 0 bridgehead atoms. The van der Waals surface area contributed by atoms with Gasteiger partial charge >= 0.3 is 49.4 Å². The van der Waals surface area contributed by atoms with Gasteiger partial charge in [0.2, 0.25) is 5.78 Å². The number of rotatable bonds is 9. The van der Waals surface area contributed by atoms with E-state index in [1.165, 1.54) is 0 Å². The molecule has 0 atom stereocenters. The molecule has 6 aromatic carbocycles. The fraction of sp³-hybridized carbons (Fsp3) is 0.229. The van der Waals surface area contributed by atoms with Crippen LogP contribution in [0.25, 0.3) is 0 Å². The van der Waals surface area contributed by atoms with E-state index < -0.39 is 205 Å². The molecule has 6 aromatic rings. The number of Topliss-reactive ketones (excluding diaryl/α,β-unsaturated/α-hetero) is 1. The molecular formula is C48H29BF24O3S. The Balaban J connectivity index is 0.000000455. The van der Waals surface area contributed by atoms with Gasteiger partial charge in [0.1, 0.15) is 30.2 Å². The van der Waals surface area contributed by atoms with Crippen LogP contribution in [0.1, 0.15) is 54.9 Å². The number of halogens is 24. The second-order valence-corrected chi connectivity index (χ2v) is 20.3. The zero-order valence-corrected chi connectivity index (χ0v) is 38.9. The molecule has 3 nitrogen and oxygen atoms in total. The van der Waals surface area contributed by atoms with Gasteiger partial charge in [0.05, 0.1) is 54.4 Å². The number of hydrogen-bond acceptors (Lipinski definition) is 3. The molecule has 0 aliphatic heterocycles. The van der Waals surface area contributed by atoms with Crippen molar-refractivity contribution in [3.63, 3.8) is 0 Å². The molecule has 0 fully saturated rings. The molecule has 0 amide bonds. The van der Waals surface area contributed by atoms with Crippen molar-refractivity contribution in [2.24, 2.45) is 0 Å². The first-order valence-electron chi connectivity index (χ1n) is 20.8. The molecule has 0 aliphatic carbocycles. The average molecular weight is 1150 g/mol. The van der Waals surface area contributed by atoms with Crippen LogP contribution in [0.15, 0.2) is 127 Å². The van der Waals surface area contributed by atoms with Crippen LogP contribution in [-0.4, -0.2) is 30.2 Å². The van der Waals surface area contributed by atoms with E-state index in [9.17, 15) is 114 Å². The summed E-state index contributed by atoms with van der Waals surface area (Å²) in [6.07, 6.45) is -51.6. The summed E-state index contributed by atoms with van der Waals surface area (Å²) < 4.78 is 358. The molecule has 0 unspecified atom stereocenters. The van der Waals surface area contributed by atoms with Crippen LogP contribution in [0, 0.1) is 0 Å². The van der Waals surface area contributed by atoms with Crippen LogP contribution in [-0.2, 0) is 63.6 Å². The second kappa shape index (κ2) is 20.9. The standard InChI is InChI=1S/C32H12BF24.C16H17O3S/c34-25(35,36)13-1-14(26(37,38)39)6-21(5-13)33(22-7-15(27(40,41)42)2-16(8-22)28(43,44)45,23-9-17(29(46,47)48)3-18(10-23)30(49,50)51)24-11-19(31(52,53)54)4-20(12-24)32(55,56)57;1-20(2,18)12-16(17)13-8-10-15(11-9-13)19-14-6-4-3-5-7-14/h1-12H;3-11H,12H2,1-2H3/q-1;+1. The van der Waals surface area contributed by atoms with Crippen molar-refractivity contribution in [1.29, 1.82) is 0 Å². The molecule has 6 rings (SSSR count). The summed E-state index contributed by atoms with van der Waals surface area (Å²) >= 11 is 0. The fourth-order valence-corrected chi connectivity index (χ4v) is 8.60. The van der Waals surface area contributed by atoms with Gasteiger partial charge in [0.25, 0.3) is 0 Å². The summed E-state index contributed by atoms with van der Waals surface area (Å²) in [5.41, 5.74) is -29.6. The maximum atomic E-state index is 14.2. The van der Waals surface area contributed by atoms with Crippen LogP contribution >= 0.6 is 0 Å². The number of alkyl halides is 24. The van der Waals surface area contributed by atoms with Crippen molar-refractivity contribution in [3.8, 4) is 11.5 Å². The molecule has 0 aromatic heterocycles. The SMILES string of the molecule is C[S+](C)(=O)CC(=O)c1ccc(Oc2ccccc2)cc1.FC(F)(F)c1cc([B-](c2cc(C(F)(F)F)cc(C(F)(F)F)c2)(c2cc(C(F)(F)F)cc(C(F)(F)F)c2)c2cc(C(F)(F)F)cc(C(F)(F)F)c2)cc(C(F)(F)F)c1. The minimum Gasteiger partial charge on any atom is -0.457 e. The van der Waals surface area contributed by atoms with Gasteiger partial charge in [-0.25, -0.2) is 0 Å². The van der Waals surface area contributed by atoms with Gasteiger partial charge in [0, 0.05) is 5.56 Å². The van der Waals surface area contributed by atoms with Gasteiger partial charge in [0.15, 0.2) is 5.75 Å². The number of ether oxygens (including phenoxy) is 1. The molecule has 0 spiro atoms. The Morgan fingerprint density at radius 1 is 0.364 bits per heavy atom. The van der Waals surface area contributed by atoms with Gasteiger partial charge in [-0.05, 0) is 60.7 Å². The zero-order valence-electron chi connectivity index (χ0n) is 38.1. The highest BCUT2D eigenvalue weighted by Gasteiger charge is 2.47. The van der Waals surface area contributed by atoms with Crippen LogP contribution in [0.3, 0.4) is 0 Å². The molecule has 77 heavy (non-hydrogen) atoms. The number of benzene rings is 6. The predicted octanol–water partition coefficient (Wildman–Crippen LogP) is 14.6. The van der Waals surface area contributed by atoms with Crippen molar-refractivity contribution in [2.45, 2.75) is 49.4 Å². The molecule has 0 saturated carbocycles. The second-order valence-electron chi connectivity index (χ2n) is 17.2. The summed E-state index contributed by atoms with van der Waals surface area (Å²) in [5.74, 6) is 1.38. The quantitative estimate of drug-likeness (QED) is 0.0627. The van der Waals surface area contributed by atoms with Crippen LogP contribution in [0.2, 0.25) is 0 Å². The van der Waals surface area contributed by atoms with E-state index in [0.717, 1.165) is 5.75 Å². The Morgan fingerprint density at radius 2 is 0.584 bits per heavy atom. The van der Waals surface area contributed by atoms with Gasteiger partial charge in [-0.1, -0.05) is 66.7 Å². The highest BCUT2D eigenvalue weighted by atomic mass is 32.2. The maximum absolute atomic E-state index is 14.2. The van der Waals surface area contributed by atoms with E-state index in [1.54, 1.807) is 36.8 Å². The van der Waals surface area contributed by atoms with Crippen molar-refractivity contribution < 1.29 is 119 Å². The van der Waals surface area contributed by atoms with E-state index >= 15 is 0 Å². The minimum absolute atomic E-state index is 0.0753. The number of hydrogen-bond donors (Lipinski definition) is 0. The van der Waals surface area contributed by atoms with Gasteiger partial charge in [-0.3, -0.25) is 4.79 Å². The highest BCUT2D eigenvalue weighted by molar-refractivity contribution is 8.02. The van der Waals surface area contributed by atoms with E-state index in [-0.39, 0.29) is 11.5 Å². The molecule has 416 valence electrons. The lowest BCUT2D eigenvalue weighted by atomic mass is 9.12. The van der Waals surface area contributed by atoms with E-state index in [2.05, 4.69) is 0 Å². The molecular weight excluding hydrogens is 1120 g/mol. The Morgan fingerprint density at radius 3 is 0.792 bits per heavy atom. The van der Waals surface area contributed by atoms with Crippen molar-refractivity contribution in [2.75, 3.05) is 18.3 Å². The third kappa shape index (κ3) is 15.1. The fourth-order valence-electron chi connectivity index (χ4n) is 7.80. The largest absolute Gasteiger partial charge is 0.457 e. The Bertz CT molecular complexity index is 2700. The minimum atomic E-state index is -6.13.